The lowest BCUT2D eigenvalue weighted by Crippen LogP contribution is -2.44. The number of hydrogen-bond acceptors (Lipinski definition) is 3. The van der Waals surface area contributed by atoms with Crippen molar-refractivity contribution in [2.24, 2.45) is 5.41 Å². The van der Waals surface area contributed by atoms with Gasteiger partial charge in [-0.2, -0.15) is 0 Å². The second kappa shape index (κ2) is 6.02. The molecule has 1 aliphatic heterocycles. The molecule has 1 saturated heterocycles. The highest BCUT2D eigenvalue weighted by atomic mass is 19.1. The molecule has 0 aliphatic carbocycles. The molecule has 4 nitrogen and oxygen atoms in total. The summed E-state index contributed by atoms with van der Waals surface area (Å²) in [5, 5.41) is 18.7. The van der Waals surface area contributed by atoms with Gasteiger partial charge in [0.15, 0.2) is 0 Å². The summed E-state index contributed by atoms with van der Waals surface area (Å²) in [5.74, 6) is -1.24. The third-order valence-electron chi connectivity index (χ3n) is 4.87. The first-order valence-corrected chi connectivity index (χ1v) is 7.35. The Morgan fingerprint density at radius 3 is 2.52 bits per heavy atom. The number of likely N-dealkylation sites (tertiary alicyclic amines) is 1. The number of phenols is 1. The smallest absolute Gasteiger partial charge is 0.309 e. The first-order valence-electron chi connectivity index (χ1n) is 7.35. The van der Waals surface area contributed by atoms with E-state index in [2.05, 4.69) is 4.90 Å². The Kier molecular flexibility index (Phi) is 4.52. The molecule has 2 N–H and O–H groups in total. The van der Waals surface area contributed by atoms with Crippen LogP contribution in [0.15, 0.2) is 18.2 Å². The molecule has 0 bridgehead atoms. The lowest BCUT2D eigenvalue weighted by atomic mass is 9.76. The number of hydrogen-bond donors (Lipinski definition) is 2. The highest BCUT2D eigenvalue weighted by molar-refractivity contribution is 5.74. The van der Waals surface area contributed by atoms with Gasteiger partial charge in [0.1, 0.15) is 11.6 Å². The van der Waals surface area contributed by atoms with E-state index in [-0.39, 0.29) is 11.8 Å². The van der Waals surface area contributed by atoms with Gasteiger partial charge < -0.3 is 10.2 Å². The third-order valence-corrected chi connectivity index (χ3v) is 4.87. The zero-order chi connectivity index (χ0) is 15.6. The minimum absolute atomic E-state index is 0.0852. The van der Waals surface area contributed by atoms with Crippen molar-refractivity contribution in [2.75, 3.05) is 13.1 Å². The van der Waals surface area contributed by atoms with Crippen LogP contribution in [-0.4, -0.2) is 34.2 Å². The SMILES string of the molecule is CCC1(C(=O)O)CCN(C(C)c2ccc(O)cc2F)CC1. The zero-order valence-electron chi connectivity index (χ0n) is 12.5. The molecule has 0 saturated carbocycles. The Balaban J connectivity index is 2.09. The van der Waals surface area contributed by atoms with E-state index in [0.717, 1.165) is 6.07 Å². The van der Waals surface area contributed by atoms with Crippen LogP contribution < -0.4 is 0 Å². The van der Waals surface area contributed by atoms with Crippen molar-refractivity contribution >= 4 is 5.97 Å². The van der Waals surface area contributed by atoms with E-state index in [4.69, 9.17) is 0 Å². The van der Waals surface area contributed by atoms with Crippen LogP contribution in [0.2, 0.25) is 0 Å². The summed E-state index contributed by atoms with van der Waals surface area (Å²) in [7, 11) is 0. The second-order valence-corrected chi connectivity index (χ2v) is 5.86. The fraction of sp³-hybridized carbons (Fsp3) is 0.562. The van der Waals surface area contributed by atoms with Gasteiger partial charge in [0, 0.05) is 17.7 Å². The van der Waals surface area contributed by atoms with Crippen molar-refractivity contribution in [3.05, 3.63) is 29.6 Å². The number of halogens is 1. The number of aliphatic carboxylic acids is 1. The minimum atomic E-state index is -0.729. The van der Waals surface area contributed by atoms with E-state index in [1.165, 1.54) is 6.07 Å². The Hall–Kier alpha value is -1.62. The van der Waals surface area contributed by atoms with Crippen molar-refractivity contribution in [3.8, 4) is 5.75 Å². The van der Waals surface area contributed by atoms with Gasteiger partial charge in [-0.05, 0) is 45.3 Å². The Morgan fingerprint density at radius 2 is 2.05 bits per heavy atom. The predicted octanol–water partition coefficient (Wildman–Crippen LogP) is 3.17. The largest absolute Gasteiger partial charge is 0.508 e. The molecular formula is C16H22FNO3. The van der Waals surface area contributed by atoms with E-state index in [1.54, 1.807) is 6.07 Å². The average Bonchev–Trinajstić information content (AvgIpc) is 2.46. The summed E-state index contributed by atoms with van der Waals surface area (Å²) < 4.78 is 13.9. The summed E-state index contributed by atoms with van der Waals surface area (Å²) in [5.41, 5.74) is -0.101. The maximum atomic E-state index is 13.9. The van der Waals surface area contributed by atoms with E-state index >= 15 is 0 Å². The number of nitrogens with zero attached hydrogens (tertiary/aromatic N) is 1. The highest BCUT2D eigenvalue weighted by Crippen LogP contribution is 2.38. The lowest BCUT2D eigenvalue weighted by molar-refractivity contribution is -0.152. The summed E-state index contributed by atoms with van der Waals surface area (Å²) in [6.07, 6.45) is 1.80. The molecule has 116 valence electrons. The van der Waals surface area contributed by atoms with Crippen molar-refractivity contribution in [1.29, 1.82) is 0 Å². The molecule has 0 spiro atoms. The quantitative estimate of drug-likeness (QED) is 0.895. The van der Waals surface area contributed by atoms with Crippen LogP contribution in [0.3, 0.4) is 0 Å². The van der Waals surface area contributed by atoms with E-state index < -0.39 is 17.2 Å². The maximum Gasteiger partial charge on any atom is 0.309 e. The summed E-state index contributed by atoms with van der Waals surface area (Å²) in [6.45, 7) is 5.10. The van der Waals surface area contributed by atoms with Crippen molar-refractivity contribution in [2.45, 2.75) is 39.2 Å². The molecule has 1 aromatic rings. The molecule has 1 aliphatic rings. The van der Waals surface area contributed by atoms with Gasteiger partial charge in [0.2, 0.25) is 0 Å². The number of phenolic OH excluding ortho intramolecular Hbond substituents is 1. The molecule has 5 heteroatoms. The fourth-order valence-corrected chi connectivity index (χ4v) is 3.11. The molecule has 1 fully saturated rings. The normalized spacial score (nSPS) is 20.1. The number of piperidine rings is 1. The molecular weight excluding hydrogens is 273 g/mol. The molecule has 0 amide bonds. The third kappa shape index (κ3) is 3.02. The summed E-state index contributed by atoms with van der Waals surface area (Å²) in [6, 6.07) is 4.05. The first kappa shape index (κ1) is 15.8. The standard InChI is InChI=1S/C16H22FNO3/c1-3-16(15(20)21)6-8-18(9-7-16)11(2)13-5-4-12(19)10-14(13)17/h4-5,10-11,19H,3,6-9H2,1-2H3,(H,20,21). The molecule has 1 heterocycles. The first-order chi connectivity index (χ1) is 9.89. The average molecular weight is 295 g/mol. The van der Waals surface area contributed by atoms with Crippen molar-refractivity contribution in [1.82, 2.24) is 4.90 Å². The van der Waals surface area contributed by atoms with Gasteiger partial charge in [-0.1, -0.05) is 13.0 Å². The second-order valence-electron chi connectivity index (χ2n) is 5.86. The summed E-state index contributed by atoms with van der Waals surface area (Å²) in [4.78, 5) is 13.5. The van der Waals surface area contributed by atoms with Crippen molar-refractivity contribution < 1.29 is 19.4 Å². The van der Waals surface area contributed by atoms with Crippen LogP contribution in [-0.2, 0) is 4.79 Å². The number of rotatable bonds is 4. The molecule has 0 radical (unpaired) electrons. The Bertz CT molecular complexity index is 524. The maximum absolute atomic E-state index is 13.9. The van der Waals surface area contributed by atoms with Gasteiger partial charge in [-0.15, -0.1) is 0 Å². The number of carboxylic acid groups (broad SMARTS) is 1. The van der Waals surface area contributed by atoms with Gasteiger partial charge in [-0.25, -0.2) is 4.39 Å². The van der Waals surface area contributed by atoms with Gasteiger partial charge in [0.05, 0.1) is 5.41 Å². The Labute approximate surface area is 124 Å². The number of carboxylic acids is 1. The molecule has 1 unspecified atom stereocenters. The van der Waals surface area contributed by atoms with Crippen LogP contribution in [0.1, 0.15) is 44.7 Å². The molecule has 2 rings (SSSR count). The van der Waals surface area contributed by atoms with E-state index in [1.807, 2.05) is 13.8 Å². The number of aromatic hydroxyl groups is 1. The fourth-order valence-electron chi connectivity index (χ4n) is 3.11. The molecule has 21 heavy (non-hydrogen) atoms. The van der Waals surface area contributed by atoms with Gasteiger partial charge >= 0.3 is 5.97 Å². The van der Waals surface area contributed by atoms with Crippen LogP contribution >= 0.6 is 0 Å². The van der Waals surface area contributed by atoms with E-state index in [0.29, 0.717) is 37.9 Å². The van der Waals surface area contributed by atoms with Crippen molar-refractivity contribution in [3.63, 3.8) is 0 Å². The molecule has 1 atom stereocenters. The van der Waals surface area contributed by atoms with E-state index in [9.17, 15) is 19.4 Å². The van der Waals surface area contributed by atoms with Crippen LogP contribution in [0, 0.1) is 11.2 Å². The monoisotopic (exact) mass is 295 g/mol. The molecule has 1 aromatic carbocycles. The zero-order valence-corrected chi connectivity index (χ0v) is 12.5. The Morgan fingerprint density at radius 1 is 1.43 bits per heavy atom. The lowest BCUT2D eigenvalue weighted by Gasteiger charge is -2.41. The number of benzene rings is 1. The molecule has 0 aromatic heterocycles. The van der Waals surface area contributed by atoms with Crippen LogP contribution in [0.25, 0.3) is 0 Å². The van der Waals surface area contributed by atoms with Gasteiger partial charge in [0.25, 0.3) is 0 Å². The predicted molar refractivity (Wildman–Crippen MR) is 77.6 cm³/mol. The number of carbonyl (C=O) groups is 1. The highest BCUT2D eigenvalue weighted by Gasteiger charge is 2.40. The topological polar surface area (TPSA) is 60.8 Å². The van der Waals surface area contributed by atoms with Gasteiger partial charge in [-0.3, -0.25) is 9.69 Å². The van der Waals surface area contributed by atoms with Crippen LogP contribution in [0.4, 0.5) is 4.39 Å². The minimum Gasteiger partial charge on any atom is -0.508 e. The summed E-state index contributed by atoms with van der Waals surface area (Å²) >= 11 is 0. The van der Waals surface area contributed by atoms with Crippen LogP contribution in [0.5, 0.6) is 5.75 Å².